The summed E-state index contributed by atoms with van der Waals surface area (Å²) in [6, 6.07) is 3.33. The van der Waals surface area contributed by atoms with Crippen LogP contribution in [-0.2, 0) is 4.79 Å². The number of amides is 1. The van der Waals surface area contributed by atoms with Crippen LogP contribution in [0.25, 0.3) is 0 Å². The van der Waals surface area contributed by atoms with Gasteiger partial charge in [0.05, 0.1) is 5.41 Å². The molecule has 1 rings (SSSR count). The highest BCUT2D eigenvalue weighted by Crippen LogP contribution is 2.33. The molecule has 21 heavy (non-hydrogen) atoms. The zero-order valence-corrected chi connectivity index (χ0v) is 13.2. The van der Waals surface area contributed by atoms with Crippen LogP contribution >= 0.6 is 0 Å². The summed E-state index contributed by atoms with van der Waals surface area (Å²) in [5.41, 5.74) is -0.739. The van der Waals surface area contributed by atoms with E-state index in [2.05, 4.69) is 15.6 Å². The summed E-state index contributed by atoms with van der Waals surface area (Å²) in [6.07, 6.45) is 1.52. The molecular formula is C15H23N3O3. The van der Waals surface area contributed by atoms with E-state index in [-0.39, 0.29) is 5.91 Å². The molecule has 1 heterocycles. The van der Waals surface area contributed by atoms with Gasteiger partial charge in [0.15, 0.2) is 0 Å². The quantitative estimate of drug-likeness (QED) is 0.747. The van der Waals surface area contributed by atoms with E-state index >= 15 is 0 Å². The van der Waals surface area contributed by atoms with Crippen LogP contribution in [0.5, 0.6) is 0 Å². The Hall–Kier alpha value is -2.11. The second-order valence-corrected chi connectivity index (χ2v) is 5.97. The molecular weight excluding hydrogens is 270 g/mol. The van der Waals surface area contributed by atoms with Crippen molar-refractivity contribution in [2.45, 2.75) is 40.2 Å². The van der Waals surface area contributed by atoms with Crippen molar-refractivity contribution in [1.29, 1.82) is 0 Å². The number of carboxylic acids is 1. The maximum Gasteiger partial charge on any atom is 0.311 e. The number of carbonyl (C=O) groups is 2. The number of nitrogens with zero attached hydrogens (tertiary/aromatic N) is 1. The van der Waals surface area contributed by atoms with Gasteiger partial charge in [0.2, 0.25) is 0 Å². The maximum atomic E-state index is 11.8. The van der Waals surface area contributed by atoms with E-state index in [0.717, 1.165) is 0 Å². The maximum absolute atomic E-state index is 11.8. The van der Waals surface area contributed by atoms with Crippen molar-refractivity contribution in [2.75, 3.05) is 11.9 Å². The number of pyridine rings is 1. The van der Waals surface area contributed by atoms with Gasteiger partial charge in [0.25, 0.3) is 5.91 Å². The summed E-state index contributed by atoms with van der Waals surface area (Å²) in [5.74, 6) is -1.14. The first kappa shape index (κ1) is 16.9. The van der Waals surface area contributed by atoms with E-state index in [1.807, 2.05) is 20.8 Å². The molecule has 1 amide bonds. The van der Waals surface area contributed by atoms with Crippen LogP contribution in [0.4, 0.5) is 5.69 Å². The Morgan fingerprint density at radius 2 is 1.90 bits per heavy atom. The summed E-state index contributed by atoms with van der Waals surface area (Å²) >= 11 is 0. The van der Waals surface area contributed by atoms with E-state index in [1.54, 1.807) is 26.0 Å². The van der Waals surface area contributed by atoms with E-state index in [0.29, 0.717) is 17.9 Å². The van der Waals surface area contributed by atoms with Crippen molar-refractivity contribution in [2.24, 2.45) is 5.41 Å². The number of carboxylic acid groups (broad SMARTS) is 1. The minimum atomic E-state index is -0.984. The lowest BCUT2D eigenvalue weighted by Crippen LogP contribution is -2.50. The Balaban J connectivity index is 3.00. The molecule has 0 aliphatic heterocycles. The van der Waals surface area contributed by atoms with Gasteiger partial charge < -0.3 is 15.7 Å². The SMILES string of the molecule is CCNC(=O)c1cc(NC(C)(C)C(C)(C)C(=O)O)ccn1. The molecule has 0 fully saturated rings. The molecule has 0 aliphatic carbocycles. The van der Waals surface area contributed by atoms with Crippen molar-refractivity contribution in [3.8, 4) is 0 Å². The van der Waals surface area contributed by atoms with Crippen LogP contribution in [0.2, 0.25) is 0 Å². The number of rotatable bonds is 6. The first-order valence-electron chi connectivity index (χ1n) is 6.87. The molecule has 1 aromatic heterocycles. The number of anilines is 1. The topological polar surface area (TPSA) is 91.3 Å². The van der Waals surface area contributed by atoms with Crippen molar-refractivity contribution < 1.29 is 14.7 Å². The number of hydrogen-bond acceptors (Lipinski definition) is 4. The molecule has 0 saturated carbocycles. The Morgan fingerprint density at radius 3 is 2.43 bits per heavy atom. The molecule has 0 spiro atoms. The predicted octanol–water partition coefficient (Wildman–Crippen LogP) is 2.13. The molecule has 0 bridgehead atoms. The summed E-state index contributed by atoms with van der Waals surface area (Å²) in [4.78, 5) is 27.2. The highest BCUT2D eigenvalue weighted by atomic mass is 16.4. The largest absolute Gasteiger partial charge is 0.481 e. The Kier molecular flexibility index (Phi) is 4.93. The molecule has 6 heteroatoms. The second kappa shape index (κ2) is 6.11. The molecule has 1 aromatic rings. The molecule has 0 saturated heterocycles. The van der Waals surface area contributed by atoms with Gasteiger partial charge in [-0.2, -0.15) is 0 Å². The van der Waals surface area contributed by atoms with Gasteiger partial charge in [0, 0.05) is 24.0 Å². The minimum Gasteiger partial charge on any atom is -0.481 e. The van der Waals surface area contributed by atoms with Gasteiger partial charge >= 0.3 is 5.97 Å². The first-order chi connectivity index (χ1) is 9.61. The Morgan fingerprint density at radius 1 is 1.29 bits per heavy atom. The lowest BCUT2D eigenvalue weighted by Gasteiger charge is -2.39. The normalized spacial score (nSPS) is 11.9. The van der Waals surface area contributed by atoms with Gasteiger partial charge in [-0.1, -0.05) is 0 Å². The van der Waals surface area contributed by atoms with Crippen LogP contribution in [-0.4, -0.2) is 34.1 Å². The fraction of sp³-hybridized carbons (Fsp3) is 0.533. The van der Waals surface area contributed by atoms with Gasteiger partial charge in [-0.25, -0.2) is 0 Å². The first-order valence-corrected chi connectivity index (χ1v) is 6.87. The average Bonchev–Trinajstić information content (AvgIpc) is 2.38. The number of hydrogen-bond donors (Lipinski definition) is 3. The smallest absolute Gasteiger partial charge is 0.311 e. The van der Waals surface area contributed by atoms with Crippen LogP contribution in [0.3, 0.4) is 0 Å². The van der Waals surface area contributed by atoms with Gasteiger partial charge in [-0.3, -0.25) is 14.6 Å². The van der Waals surface area contributed by atoms with Crippen molar-refractivity contribution in [3.63, 3.8) is 0 Å². The standard InChI is InChI=1S/C15H23N3O3/c1-6-16-12(19)11-9-10(7-8-17-11)18-15(4,5)14(2,3)13(20)21/h7-9H,6H2,1-5H3,(H,16,19)(H,17,18)(H,20,21). The van der Waals surface area contributed by atoms with Crippen molar-refractivity contribution in [3.05, 3.63) is 24.0 Å². The van der Waals surface area contributed by atoms with Crippen LogP contribution in [0.1, 0.15) is 45.1 Å². The monoisotopic (exact) mass is 293 g/mol. The lowest BCUT2D eigenvalue weighted by atomic mass is 9.74. The summed E-state index contributed by atoms with van der Waals surface area (Å²) in [7, 11) is 0. The number of aromatic nitrogens is 1. The zero-order valence-electron chi connectivity index (χ0n) is 13.2. The van der Waals surface area contributed by atoms with Crippen molar-refractivity contribution in [1.82, 2.24) is 10.3 Å². The van der Waals surface area contributed by atoms with Gasteiger partial charge in [-0.05, 0) is 46.8 Å². The summed E-state index contributed by atoms with van der Waals surface area (Å²) < 4.78 is 0. The third-order valence-electron chi connectivity index (χ3n) is 3.88. The third-order valence-corrected chi connectivity index (χ3v) is 3.88. The molecule has 0 aliphatic rings. The van der Waals surface area contributed by atoms with Crippen LogP contribution < -0.4 is 10.6 Å². The van der Waals surface area contributed by atoms with Gasteiger partial charge in [0.1, 0.15) is 5.69 Å². The molecule has 0 radical (unpaired) electrons. The molecule has 116 valence electrons. The summed E-state index contributed by atoms with van der Waals surface area (Å²) in [5, 5.41) is 15.2. The number of nitrogens with one attached hydrogen (secondary N) is 2. The van der Waals surface area contributed by atoms with E-state index in [4.69, 9.17) is 0 Å². The van der Waals surface area contributed by atoms with E-state index in [1.165, 1.54) is 6.20 Å². The Labute approximate surface area is 125 Å². The highest BCUT2D eigenvalue weighted by molar-refractivity contribution is 5.93. The average molecular weight is 293 g/mol. The van der Waals surface area contributed by atoms with Crippen LogP contribution in [0, 0.1) is 5.41 Å². The third kappa shape index (κ3) is 3.71. The second-order valence-electron chi connectivity index (χ2n) is 5.97. The molecule has 3 N–H and O–H groups in total. The minimum absolute atomic E-state index is 0.253. The predicted molar refractivity (Wildman–Crippen MR) is 81.4 cm³/mol. The molecule has 0 aromatic carbocycles. The summed E-state index contributed by atoms with van der Waals surface area (Å²) in [6.45, 7) is 9.30. The molecule has 0 atom stereocenters. The molecule has 0 unspecified atom stereocenters. The zero-order chi connectivity index (χ0) is 16.3. The molecule has 6 nitrogen and oxygen atoms in total. The van der Waals surface area contributed by atoms with Crippen molar-refractivity contribution >= 4 is 17.6 Å². The lowest BCUT2D eigenvalue weighted by molar-refractivity contribution is -0.149. The highest BCUT2D eigenvalue weighted by Gasteiger charge is 2.43. The van der Waals surface area contributed by atoms with Gasteiger partial charge in [-0.15, -0.1) is 0 Å². The number of aliphatic carboxylic acids is 1. The van der Waals surface area contributed by atoms with E-state index in [9.17, 15) is 14.7 Å². The fourth-order valence-corrected chi connectivity index (χ4v) is 1.67. The van der Waals surface area contributed by atoms with E-state index < -0.39 is 16.9 Å². The number of carbonyl (C=O) groups excluding carboxylic acids is 1. The fourth-order valence-electron chi connectivity index (χ4n) is 1.67. The van der Waals surface area contributed by atoms with Crippen LogP contribution in [0.15, 0.2) is 18.3 Å². The Bertz CT molecular complexity index is 539.